The molecular formula is C24H29N3O4S. The Bertz CT molecular complexity index is 975. The fourth-order valence-electron chi connectivity index (χ4n) is 4.57. The number of likely N-dealkylation sites (tertiary alicyclic amines) is 1. The number of benzene rings is 1. The molecule has 0 radical (unpaired) electrons. The van der Waals surface area contributed by atoms with Crippen molar-refractivity contribution in [2.24, 2.45) is 5.92 Å². The van der Waals surface area contributed by atoms with E-state index in [0.717, 1.165) is 43.8 Å². The van der Waals surface area contributed by atoms with Gasteiger partial charge in [0.1, 0.15) is 5.69 Å². The summed E-state index contributed by atoms with van der Waals surface area (Å²) in [5, 5.41) is 5.52. The zero-order chi connectivity index (χ0) is 22.5. The number of hydrogen-bond donors (Lipinski definition) is 1. The molecule has 2 heterocycles. The van der Waals surface area contributed by atoms with Crippen LogP contribution in [-0.2, 0) is 9.53 Å². The third-order valence-electron chi connectivity index (χ3n) is 6.41. The van der Waals surface area contributed by atoms with E-state index < -0.39 is 5.97 Å². The first-order chi connectivity index (χ1) is 15.5. The summed E-state index contributed by atoms with van der Waals surface area (Å²) in [4.78, 5) is 43.7. The Morgan fingerprint density at radius 3 is 2.56 bits per heavy atom. The maximum atomic E-state index is 12.8. The number of rotatable bonds is 5. The molecular weight excluding hydrogens is 426 g/mol. The van der Waals surface area contributed by atoms with Crippen LogP contribution in [0.2, 0.25) is 0 Å². The van der Waals surface area contributed by atoms with Crippen LogP contribution in [0.1, 0.15) is 76.7 Å². The lowest BCUT2D eigenvalue weighted by Crippen LogP contribution is -2.41. The molecule has 2 fully saturated rings. The number of nitrogens with one attached hydrogen (secondary N) is 1. The predicted molar refractivity (Wildman–Crippen MR) is 123 cm³/mol. The van der Waals surface area contributed by atoms with Crippen LogP contribution in [0.25, 0.3) is 0 Å². The van der Waals surface area contributed by atoms with Gasteiger partial charge in [-0.1, -0.05) is 25.3 Å². The minimum atomic E-state index is -0.453. The van der Waals surface area contributed by atoms with Crippen LogP contribution in [-0.4, -0.2) is 47.9 Å². The number of anilines is 1. The van der Waals surface area contributed by atoms with Crippen molar-refractivity contribution in [3.05, 3.63) is 45.9 Å². The van der Waals surface area contributed by atoms with Gasteiger partial charge < -0.3 is 15.0 Å². The average Bonchev–Trinajstić information content (AvgIpc) is 3.34. The van der Waals surface area contributed by atoms with Gasteiger partial charge in [0.25, 0.3) is 5.91 Å². The number of carbonyl (C=O) groups excluding carboxylic acids is 3. The summed E-state index contributed by atoms with van der Waals surface area (Å²) in [6.07, 6.45) is 7.43. The molecule has 1 aromatic carbocycles. The summed E-state index contributed by atoms with van der Waals surface area (Å²) >= 11 is 1.49. The summed E-state index contributed by atoms with van der Waals surface area (Å²) in [5.41, 5.74) is 1.26. The second-order valence-electron chi connectivity index (χ2n) is 8.53. The maximum Gasteiger partial charge on any atom is 0.337 e. The van der Waals surface area contributed by atoms with Crippen LogP contribution in [0.15, 0.2) is 29.6 Å². The van der Waals surface area contributed by atoms with Crippen molar-refractivity contribution in [3.63, 3.8) is 0 Å². The molecule has 1 aromatic heterocycles. The summed E-state index contributed by atoms with van der Waals surface area (Å²) in [6, 6.07) is 6.62. The molecule has 2 aromatic rings. The molecule has 1 saturated carbocycles. The van der Waals surface area contributed by atoms with Crippen LogP contribution in [0, 0.1) is 5.92 Å². The van der Waals surface area contributed by atoms with Gasteiger partial charge in [-0.05, 0) is 43.9 Å². The van der Waals surface area contributed by atoms with Gasteiger partial charge in [-0.3, -0.25) is 9.59 Å². The van der Waals surface area contributed by atoms with E-state index in [-0.39, 0.29) is 17.7 Å². The molecule has 1 aliphatic carbocycles. The van der Waals surface area contributed by atoms with Crippen molar-refractivity contribution in [1.82, 2.24) is 9.88 Å². The lowest BCUT2D eigenvalue weighted by molar-refractivity contribution is -0.137. The quantitative estimate of drug-likeness (QED) is 0.672. The number of aromatic nitrogens is 1. The van der Waals surface area contributed by atoms with Gasteiger partial charge in [-0.15, -0.1) is 11.3 Å². The van der Waals surface area contributed by atoms with E-state index in [9.17, 15) is 14.4 Å². The van der Waals surface area contributed by atoms with Crippen LogP contribution >= 0.6 is 11.3 Å². The molecule has 0 unspecified atom stereocenters. The number of ether oxygens (including phenoxy) is 1. The van der Waals surface area contributed by atoms with E-state index in [4.69, 9.17) is 4.74 Å². The van der Waals surface area contributed by atoms with Crippen molar-refractivity contribution >= 4 is 34.8 Å². The second-order valence-corrected chi connectivity index (χ2v) is 9.42. The molecule has 0 spiro atoms. The molecule has 2 aliphatic rings. The summed E-state index contributed by atoms with van der Waals surface area (Å²) in [5.74, 6) is 0.0640. The number of hydrogen-bond acceptors (Lipinski definition) is 6. The minimum Gasteiger partial charge on any atom is -0.465 e. The molecule has 32 heavy (non-hydrogen) atoms. The van der Waals surface area contributed by atoms with E-state index in [1.54, 1.807) is 29.6 Å². The van der Waals surface area contributed by atoms with Crippen molar-refractivity contribution in [1.29, 1.82) is 0 Å². The van der Waals surface area contributed by atoms with Gasteiger partial charge in [-0.25, -0.2) is 9.78 Å². The number of carbonyl (C=O) groups is 3. The monoisotopic (exact) mass is 455 g/mol. The Labute approximate surface area is 192 Å². The first-order valence-electron chi connectivity index (χ1n) is 11.3. The third kappa shape index (κ3) is 5.18. The van der Waals surface area contributed by atoms with Gasteiger partial charge in [-0.2, -0.15) is 0 Å². The van der Waals surface area contributed by atoms with Crippen molar-refractivity contribution in [2.45, 2.75) is 50.9 Å². The zero-order valence-electron chi connectivity index (χ0n) is 18.3. The summed E-state index contributed by atoms with van der Waals surface area (Å²) < 4.78 is 4.72. The minimum absolute atomic E-state index is 0.216. The highest BCUT2D eigenvalue weighted by Crippen LogP contribution is 2.32. The van der Waals surface area contributed by atoms with Gasteiger partial charge in [0.05, 0.1) is 17.7 Å². The predicted octanol–water partition coefficient (Wildman–Crippen LogP) is 4.47. The molecule has 1 aliphatic heterocycles. The van der Waals surface area contributed by atoms with Crippen molar-refractivity contribution in [3.8, 4) is 0 Å². The SMILES string of the molecule is COC(=O)c1cccc(NC(=O)c2csc(C3CCN(C(=O)C4CCCCC4)CC3)n2)c1. The smallest absolute Gasteiger partial charge is 0.337 e. The van der Waals surface area contributed by atoms with Gasteiger partial charge in [0, 0.05) is 36.0 Å². The normalized spacial score (nSPS) is 17.7. The fourth-order valence-corrected chi connectivity index (χ4v) is 5.54. The van der Waals surface area contributed by atoms with Crippen LogP contribution in [0.4, 0.5) is 5.69 Å². The van der Waals surface area contributed by atoms with E-state index >= 15 is 0 Å². The standard InChI is InChI=1S/C24H29N3O4S/c1-31-24(30)18-8-5-9-19(14-18)25-21(28)20-15-32-22(26-20)16-10-12-27(13-11-16)23(29)17-6-3-2-4-7-17/h5,8-9,14-17H,2-4,6-7,10-13H2,1H3,(H,25,28). The topological polar surface area (TPSA) is 88.6 Å². The van der Waals surface area contributed by atoms with E-state index in [2.05, 4.69) is 10.3 Å². The first-order valence-corrected chi connectivity index (χ1v) is 12.2. The molecule has 1 saturated heterocycles. The highest BCUT2D eigenvalue weighted by Gasteiger charge is 2.30. The maximum absolute atomic E-state index is 12.8. The Kier molecular flexibility index (Phi) is 7.19. The molecule has 1 N–H and O–H groups in total. The Balaban J connectivity index is 1.32. The average molecular weight is 456 g/mol. The van der Waals surface area contributed by atoms with Crippen molar-refractivity contribution in [2.75, 3.05) is 25.5 Å². The number of esters is 1. The van der Waals surface area contributed by atoms with E-state index in [0.29, 0.717) is 22.9 Å². The largest absolute Gasteiger partial charge is 0.465 e. The number of thiazole rings is 1. The number of piperidine rings is 1. The molecule has 2 amide bonds. The molecule has 0 bridgehead atoms. The Morgan fingerprint density at radius 1 is 1.09 bits per heavy atom. The summed E-state index contributed by atoms with van der Waals surface area (Å²) in [6.45, 7) is 1.53. The molecule has 170 valence electrons. The van der Waals surface area contributed by atoms with Crippen LogP contribution in [0.5, 0.6) is 0 Å². The highest BCUT2D eigenvalue weighted by molar-refractivity contribution is 7.10. The Hall–Kier alpha value is -2.74. The number of methoxy groups -OCH3 is 1. The fraction of sp³-hybridized carbons (Fsp3) is 0.500. The zero-order valence-corrected chi connectivity index (χ0v) is 19.2. The lowest BCUT2D eigenvalue weighted by atomic mass is 9.87. The lowest BCUT2D eigenvalue weighted by Gasteiger charge is -2.34. The first kappa shape index (κ1) is 22.5. The van der Waals surface area contributed by atoms with Crippen LogP contribution < -0.4 is 5.32 Å². The van der Waals surface area contributed by atoms with Gasteiger partial charge in [0.15, 0.2) is 0 Å². The Morgan fingerprint density at radius 2 is 1.84 bits per heavy atom. The number of nitrogens with zero attached hydrogens (tertiary/aromatic N) is 2. The summed E-state index contributed by atoms with van der Waals surface area (Å²) in [7, 11) is 1.32. The highest BCUT2D eigenvalue weighted by atomic mass is 32.1. The third-order valence-corrected chi connectivity index (χ3v) is 7.41. The molecule has 7 nitrogen and oxygen atoms in total. The van der Waals surface area contributed by atoms with Crippen LogP contribution in [0.3, 0.4) is 0 Å². The number of amides is 2. The molecule has 4 rings (SSSR count). The molecule has 0 atom stereocenters. The molecule has 8 heteroatoms. The van der Waals surface area contributed by atoms with Gasteiger partial charge in [0.2, 0.25) is 5.91 Å². The van der Waals surface area contributed by atoms with E-state index in [1.807, 2.05) is 4.90 Å². The van der Waals surface area contributed by atoms with Gasteiger partial charge >= 0.3 is 5.97 Å². The second kappa shape index (κ2) is 10.3. The van der Waals surface area contributed by atoms with Crippen molar-refractivity contribution < 1.29 is 19.1 Å². The van der Waals surface area contributed by atoms with E-state index in [1.165, 1.54) is 37.7 Å².